The van der Waals surface area contributed by atoms with Crippen molar-refractivity contribution in [3.63, 3.8) is 0 Å². The number of ether oxygens (including phenoxy) is 1. The molecule has 0 spiro atoms. The Bertz CT molecular complexity index is 460. The van der Waals surface area contributed by atoms with E-state index >= 15 is 0 Å². The van der Waals surface area contributed by atoms with Crippen LogP contribution in [-0.2, 0) is 0 Å². The Morgan fingerprint density at radius 1 is 1.28 bits per heavy atom. The zero-order valence-electron chi connectivity index (χ0n) is 10.2. The molecule has 1 saturated carbocycles. The Morgan fingerprint density at radius 2 is 2.11 bits per heavy atom. The Kier molecular flexibility index (Phi) is 2.96. The van der Waals surface area contributed by atoms with Crippen LogP contribution in [0.5, 0.6) is 5.75 Å². The average Bonchev–Trinajstić information content (AvgIpc) is 2.73. The highest BCUT2D eigenvalue weighted by molar-refractivity contribution is 5.97. The summed E-state index contributed by atoms with van der Waals surface area (Å²) in [4.78, 5) is 14.3. The molecule has 1 aromatic carbocycles. The molecule has 4 heteroatoms. The third-order valence-electron chi connectivity index (χ3n) is 3.81. The summed E-state index contributed by atoms with van der Waals surface area (Å²) >= 11 is 0. The second-order valence-corrected chi connectivity index (χ2v) is 4.91. The van der Waals surface area contributed by atoms with Gasteiger partial charge in [0, 0.05) is 0 Å². The van der Waals surface area contributed by atoms with Gasteiger partial charge in [-0.3, -0.25) is 4.79 Å². The number of hydrogen-bond donors (Lipinski definition) is 1. The number of para-hydroxylation sites is 1. The maximum atomic E-state index is 12.5. The smallest absolute Gasteiger partial charge is 0.258 e. The zero-order valence-corrected chi connectivity index (χ0v) is 10.2. The highest BCUT2D eigenvalue weighted by Crippen LogP contribution is 2.29. The molecule has 3 rings (SSSR count). The SMILES string of the molecule is O=C1c2ccccc2OCCN1[C@H]1CCC[C@@H]1O. The van der Waals surface area contributed by atoms with Crippen LogP contribution in [0.15, 0.2) is 24.3 Å². The van der Waals surface area contributed by atoms with Gasteiger partial charge in [-0.2, -0.15) is 0 Å². The van der Waals surface area contributed by atoms with Gasteiger partial charge in [0.1, 0.15) is 12.4 Å². The first-order valence-corrected chi connectivity index (χ1v) is 6.48. The molecule has 1 aliphatic carbocycles. The second kappa shape index (κ2) is 4.61. The van der Waals surface area contributed by atoms with Gasteiger partial charge in [-0.15, -0.1) is 0 Å². The molecule has 0 unspecified atom stereocenters. The van der Waals surface area contributed by atoms with Gasteiger partial charge in [-0.1, -0.05) is 12.1 Å². The third-order valence-corrected chi connectivity index (χ3v) is 3.81. The van der Waals surface area contributed by atoms with Crippen LogP contribution in [0, 0.1) is 0 Å². The number of amides is 1. The lowest BCUT2D eigenvalue weighted by molar-refractivity contribution is 0.0447. The minimum absolute atomic E-state index is 0.0194. The Labute approximate surface area is 106 Å². The minimum atomic E-state index is -0.390. The molecular weight excluding hydrogens is 230 g/mol. The Morgan fingerprint density at radius 3 is 2.89 bits per heavy atom. The van der Waals surface area contributed by atoms with Gasteiger partial charge < -0.3 is 14.7 Å². The summed E-state index contributed by atoms with van der Waals surface area (Å²) in [6.07, 6.45) is 2.27. The van der Waals surface area contributed by atoms with Crippen LogP contribution in [0.25, 0.3) is 0 Å². The van der Waals surface area contributed by atoms with Crippen LogP contribution >= 0.6 is 0 Å². The van der Waals surface area contributed by atoms with Gasteiger partial charge in [0.2, 0.25) is 0 Å². The first-order valence-electron chi connectivity index (χ1n) is 6.48. The minimum Gasteiger partial charge on any atom is -0.491 e. The Balaban J connectivity index is 1.92. The number of nitrogens with zero attached hydrogens (tertiary/aromatic N) is 1. The molecule has 2 aliphatic rings. The monoisotopic (exact) mass is 247 g/mol. The lowest BCUT2D eigenvalue weighted by atomic mass is 10.1. The molecule has 1 aliphatic heterocycles. The maximum absolute atomic E-state index is 12.5. The van der Waals surface area contributed by atoms with E-state index in [0.717, 1.165) is 19.3 Å². The van der Waals surface area contributed by atoms with Gasteiger partial charge in [-0.05, 0) is 31.4 Å². The quantitative estimate of drug-likeness (QED) is 0.817. The highest BCUT2D eigenvalue weighted by atomic mass is 16.5. The molecule has 1 fully saturated rings. The molecule has 18 heavy (non-hydrogen) atoms. The van der Waals surface area contributed by atoms with Crippen molar-refractivity contribution >= 4 is 5.91 Å². The van der Waals surface area contributed by atoms with E-state index in [4.69, 9.17) is 4.74 Å². The number of carbonyl (C=O) groups is 1. The lowest BCUT2D eigenvalue weighted by Crippen LogP contribution is -2.45. The fraction of sp³-hybridized carbons (Fsp3) is 0.500. The third kappa shape index (κ3) is 1.86. The van der Waals surface area contributed by atoms with Crippen LogP contribution < -0.4 is 4.74 Å². The lowest BCUT2D eigenvalue weighted by Gasteiger charge is -2.29. The van der Waals surface area contributed by atoms with Crippen molar-refractivity contribution < 1.29 is 14.6 Å². The normalized spacial score (nSPS) is 27.6. The van der Waals surface area contributed by atoms with E-state index in [9.17, 15) is 9.90 Å². The van der Waals surface area contributed by atoms with Crippen LogP contribution in [0.3, 0.4) is 0 Å². The largest absolute Gasteiger partial charge is 0.491 e. The first kappa shape index (κ1) is 11.5. The number of carbonyl (C=O) groups excluding carboxylic acids is 1. The van der Waals surface area contributed by atoms with Crippen LogP contribution in [-0.4, -0.2) is 41.2 Å². The first-order chi connectivity index (χ1) is 8.77. The zero-order chi connectivity index (χ0) is 12.5. The van der Waals surface area contributed by atoms with E-state index < -0.39 is 0 Å². The predicted octanol–water partition coefficient (Wildman–Crippen LogP) is 1.43. The molecule has 0 radical (unpaired) electrons. The molecule has 1 amide bonds. The van der Waals surface area contributed by atoms with E-state index in [0.29, 0.717) is 24.5 Å². The van der Waals surface area contributed by atoms with Crippen molar-refractivity contribution in [1.29, 1.82) is 0 Å². The number of rotatable bonds is 1. The fourth-order valence-electron chi connectivity index (χ4n) is 2.88. The molecule has 0 bridgehead atoms. The molecule has 1 N–H and O–H groups in total. The maximum Gasteiger partial charge on any atom is 0.258 e. The van der Waals surface area contributed by atoms with Crippen molar-refractivity contribution in [3.8, 4) is 5.75 Å². The molecule has 1 heterocycles. The van der Waals surface area contributed by atoms with E-state index in [1.54, 1.807) is 11.0 Å². The second-order valence-electron chi connectivity index (χ2n) is 4.91. The number of benzene rings is 1. The van der Waals surface area contributed by atoms with Gasteiger partial charge in [-0.25, -0.2) is 0 Å². The van der Waals surface area contributed by atoms with Crippen molar-refractivity contribution in [2.75, 3.05) is 13.2 Å². The summed E-state index contributed by atoms with van der Waals surface area (Å²) in [5, 5.41) is 9.96. The summed E-state index contributed by atoms with van der Waals surface area (Å²) in [5.74, 6) is 0.631. The number of fused-ring (bicyclic) bond motifs is 1. The highest BCUT2D eigenvalue weighted by Gasteiger charge is 2.35. The molecular formula is C14H17NO3. The van der Waals surface area contributed by atoms with Crippen LogP contribution in [0.1, 0.15) is 29.6 Å². The van der Waals surface area contributed by atoms with Gasteiger partial charge in [0.25, 0.3) is 5.91 Å². The van der Waals surface area contributed by atoms with Crippen molar-refractivity contribution in [1.82, 2.24) is 4.90 Å². The molecule has 2 atom stereocenters. The van der Waals surface area contributed by atoms with Gasteiger partial charge in [0.15, 0.2) is 0 Å². The number of hydrogen-bond acceptors (Lipinski definition) is 3. The topological polar surface area (TPSA) is 49.8 Å². The van der Waals surface area contributed by atoms with E-state index in [1.165, 1.54) is 0 Å². The van der Waals surface area contributed by atoms with Crippen LogP contribution in [0.4, 0.5) is 0 Å². The molecule has 0 aromatic heterocycles. The van der Waals surface area contributed by atoms with Crippen molar-refractivity contribution in [3.05, 3.63) is 29.8 Å². The van der Waals surface area contributed by atoms with E-state index in [2.05, 4.69) is 0 Å². The van der Waals surface area contributed by atoms with Crippen LogP contribution in [0.2, 0.25) is 0 Å². The summed E-state index contributed by atoms with van der Waals surface area (Å²) in [6.45, 7) is 1.04. The number of aliphatic hydroxyl groups is 1. The molecule has 96 valence electrons. The molecule has 0 saturated heterocycles. The summed E-state index contributed by atoms with van der Waals surface area (Å²) in [5.41, 5.74) is 0.606. The summed E-state index contributed by atoms with van der Waals surface area (Å²) < 4.78 is 5.60. The predicted molar refractivity (Wildman–Crippen MR) is 66.6 cm³/mol. The average molecular weight is 247 g/mol. The fourth-order valence-corrected chi connectivity index (χ4v) is 2.88. The Hall–Kier alpha value is -1.55. The van der Waals surface area contributed by atoms with Gasteiger partial charge in [0.05, 0.1) is 24.3 Å². The molecule has 4 nitrogen and oxygen atoms in total. The van der Waals surface area contributed by atoms with E-state index in [-0.39, 0.29) is 18.1 Å². The van der Waals surface area contributed by atoms with Crippen molar-refractivity contribution in [2.45, 2.75) is 31.4 Å². The van der Waals surface area contributed by atoms with E-state index in [1.807, 2.05) is 18.2 Å². The van der Waals surface area contributed by atoms with Crippen molar-refractivity contribution in [2.24, 2.45) is 0 Å². The number of aliphatic hydroxyl groups excluding tert-OH is 1. The van der Waals surface area contributed by atoms with Gasteiger partial charge >= 0.3 is 0 Å². The standard InChI is InChI=1S/C14H17NO3/c16-12-6-3-5-11(12)15-8-9-18-13-7-2-1-4-10(13)14(15)17/h1-2,4,7,11-12,16H,3,5-6,8-9H2/t11-,12-/m0/s1. The summed E-state index contributed by atoms with van der Waals surface area (Å²) in [6, 6.07) is 7.27. The molecule has 1 aromatic rings. The summed E-state index contributed by atoms with van der Waals surface area (Å²) in [7, 11) is 0.